The summed E-state index contributed by atoms with van der Waals surface area (Å²) in [6.07, 6.45) is 1.79. The molecule has 2 aromatic carbocycles. The zero-order chi connectivity index (χ0) is 20.2. The van der Waals surface area contributed by atoms with Crippen LogP contribution in [0.2, 0.25) is 0 Å². The number of carbonyl (C=O) groups excluding carboxylic acids is 1. The van der Waals surface area contributed by atoms with Crippen LogP contribution in [0.25, 0.3) is 0 Å². The second-order valence-corrected chi connectivity index (χ2v) is 7.40. The quantitative estimate of drug-likeness (QED) is 0.691. The minimum Gasteiger partial charge on any atom is -0.324 e. The van der Waals surface area contributed by atoms with Crippen LogP contribution in [0.3, 0.4) is 0 Å². The molecule has 150 valence electrons. The van der Waals surface area contributed by atoms with E-state index in [1.54, 1.807) is 12.1 Å². The third-order valence-corrected chi connectivity index (χ3v) is 5.35. The van der Waals surface area contributed by atoms with Crippen LogP contribution >= 0.6 is 0 Å². The fourth-order valence-electron chi connectivity index (χ4n) is 3.87. The summed E-state index contributed by atoms with van der Waals surface area (Å²) in [5.74, 6) is 1.53. The molecule has 7 heteroatoms. The van der Waals surface area contributed by atoms with Crippen LogP contribution in [-0.2, 0) is 4.79 Å². The van der Waals surface area contributed by atoms with Gasteiger partial charge in [-0.3, -0.25) is 14.8 Å². The van der Waals surface area contributed by atoms with E-state index in [-0.39, 0.29) is 11.7 Å². The van der Waals surface area contributed by atoms with Crippen molar-refractivity contribution in [1.82, 2.24) is 20.1 Å². The number of nitrogens with zero attached hydrogens (tertiary/aromatic N) is 3. The average Bonchev–Trinajstić information content (AvgIpc) is 3.18. The summed E-state index contributed by atoms with van der Waals surface area (Å²) >= 11 is 0. The lowest BCUT2D eigenvalue weighted by Gasteiger charge is -2.36. The topological polar surface area (TPSA) is 73.9 Å². The average molecular weight is 393 g/mol. The van der Waals surface area contributed by atoms with E-state index in [9.17, 15) is 9.18 Å². The van der Waals surface area contributed by atoms with Crippen LogP contribution in [0, 0.1) is 12.7 Å². The van der Waals surface area contributed by atoms with Gasteiger partial charge in [-0.15, -0.1) is 0 Å². The molecule has 4 rings (SSSR count). The predicted molar refractivity (Wildman–Crippen MR) is 109 cm³/mol. The Kier molecular flexibility index (Phi) is 5.67. The number of aromatic nitrogens is 3. The number of rotatable bonds is 5. The van der Waals surface area contributed by atoms with Crippen LogP contribution in [0.1, 0.15) is 42.0 Å². The lowest BCUT2D eigenvalue weighted by atomic mass is 9.93. The van der Waals surface area contributed by atoms with Crippen LogP contribution < -0.4 is 5.32 Å². The zero-order valence-corrected chi connectivity index (χ0v) is 16.3. The van der Waals surface area contributed by atoms with E-state index in [0.29, 0.717) is 11.6 Å². The highest BCUT2D eigenvalue weighted by Crippen LogP contribution is 2.31. The molecule has 1 atom stereocenters. The number of hydrogen-bond acceptors (Lipinski definition) is 4. The molecule has 0 bridgehead atoms. The van der Waals surface area contributed by atoms with Gasteiger partial charge in [0.15, 0.2) is 5.82 Å². The van der Waals surface area contributed by atoms with E-state index < -0.39 is 6.04 Å². The summed E-state index contributed by atoms with van der Waals surface area (Å²) in [5.41, 5.74) is 1.53. The van der Waals surface area contributed by atoms with Crippen molar-refractivity contribution in [2.75, 3.05) is 18.4 Å². The molecule has 2 heterocycles. The van der Waals surface area contributed by atoms with Crippen LogP contribution in [0.4, 0.5) is 10.1 Å². The molecule has 1 saturated heterocycles. The molecular formula is C22H24FN5O. The van der Waals surface area contributed by atoms with E-state index in [4.69, 9.17) is 0 Å². The maximum atomic E-state index is 13.2. The Morgan fingerprint density at radius 2 is 1.83 bits per heavy atom. The second kappa shape index (κ2) is 8.53. The first-order valence-corrected chi connectivity index (χ1v) is 9.84. The molecule has 29 heavy (non-hydrogen) atoms. The molecule has 0 radical (unpaired) electrons. The van der Waals surface area contributed by atoms with Gasteiger partial charge in [-0.25, -0.2) is 9.37 Å². The lowest BCUT2D eigenvalue weighted by molar-refractivity contribution is -0.122. The Morgan fingerprint density at radius 3 is 2.45 bits per heavy atom. The number of likely N-dealkylation sites (tertiary alicyclic amines) is 1. The normalized spacial score (nSPS) is 16.5. The predicted octanol–water partition coefficient (Wildman–Crippen LogP) is 3.81. The fourth-order valence-corrected chi connectivity index (χ4v) is 3.87. The van der Waals surface area contributed by atoms with Crippen molar-refractivity contribution in [2.45, 2.75) is 31.7 Å². The van der Waals surface area contributed by atoms with Gasteiger partial charge in [-0.2, -0.15) is 5.10 Å². The fraction of sp³-hybridized carbons (Fsp3) is 0.318. The Hall–Kier alpha value is -3.06. The number of benzene rings is 2. The molecule has 1 aliphatic rings. The first-order chi connectivity index (χ1) is 14.1. The Bertz CT molecular complexity index is 949. The van der Waals surface area contributed by atoms with Crippen molar-refractivity contribution in [1.29, 1.82) is 0 Å². The highest BCUT2D eigenvalue weighted by molar-refractivity contribution is 5.95. The maximum Gasteiger partial charge on any atom is 0.246 e. The van der Waals surface area contributed by atoms with Gasteiger partial charge in [0, 0.05) is 11.6 Å². The molecular weight excluding hydrogens is 369 g/mol. The molecule has 1 aliphatic heterocycles. The van der Waals surface area contributed by atoms with Gasteiger partial charge in [-0.1, -0.05) is 30.3 Å². The number of anilines is 1. The van der Waals surface area contributed by atoms with Crippen molar-refractivity contribution >= 4 is 11.6 Å². The number of nitrogens with one attached hydrogen (secondary N) is 2. The Labute approximate surface area is 169 Å². The van der Waals surface area contributed by atoms with Crippen molar-refractivity contribution in [3.05, 3.63) is 77.6 Å². The molecule has 3 aromatic rings. The van der Waals surface area contributed by atoms with Gasteiger partial charge in [0.2, 0.25) is 5.91 Å². The van der Waals surface area contributed by atoms with Crippen LogP contribution in [0.5, 0.6) is 0 Å². The van der Waals surface area contributed by atoms with E-state index >= 15 is 0 Å². The van der Waals surface area contributed by atoms with Crippen molar-refractivity contribution in [3.63, 3.8) is 0 Å². The van der Waals surface area contributed by atoms with Gasteiger partial charge < -0.3 is 5.32 Å². The first kappa shape index (κ1) is 19.3. The first-order valence-electron chi connectivity index (χ1n) is 9.84. The summed E-state index contributed by atoms with van der Waals surface area (Å²) in [4.78, 5) is 19.8. The van der Waals surface area contributed by atoms with Gasteiger partial charge >= 0.3 is 0 Å². The minimum absolute atomic E-state index is 0.116. The van der Waals surface area contributed by atoms with Gasteiger partial charge in [-0.05, 0) is 62.7 Å². The summed E-state index contributed by atoms with van der Waals surface area (Å²) in [5, 5.41) is 10.1. The number of hydrogen-bond donors (Lipinski definition) is 2. The third-order valence-electron chi connectivity index (χ3n) is 5.35. The summed E-state index contributed by atoms with van der Waals surface area (Å²) in [6.45, 7) is 3.44. The third kappa shape index (κ3) is 4.51. The molecule has 1 aromatic heterocycles. The molecule has 6 nitrogen and oxygen atoms in total. The van der Waals surface area contributed by atoms with E-state index in [1.165, 1.54) is 12.1 Å². The molecule has 2 N–H and O–H groups in total. The SMILES string of the molecule is Cc1nc(C2CCN([C@@H](C(=O)Nc3ccc(F)cc3)c3ccccc3)CC2)n[nH]1. The molecule has 0 saturated carbocycles. The van der Waals surface area contributed by atoms with Crippen molar-refractivity contribution < 1.29 is 9.18 Å². The molecule has 1 fully saturated rings. The molecule has 0 unspecified atom stereocenters. The summed E-state index contributed by atoms with van der Waals surface area (Å²) < 4.78 is 13.2. The van der Waals surface area contributed by atoms with Crippen LogP contribution in [-0.4, -0.2) is 39.1 Å². The van der Waals surface area contributed by atoms with Crippen LogP contribution in [0.15, 0.2) is 54.6 Å². The molecule has 1 amide bonds. The molecule has 0 aliphatic carbocycles. The number of halogens is 1. The van der Waals surface area contributed by atoms with Gasteiger partial charge in [0.25, 0.3) is 0 Å². The number of amides is 1. The van der Waals surface area contributed by atoms with Gasteiger partial charge in [0.1, 0.15) is 17.7 Å². The zero-order valence-electron chi connectivity index (χ0n) is 16.3. The number of aryl methyl sites for hydroxylation is 1. The maximum absolute atomic E-state index is 13.2. The number of aromatic amines is 1. The Morgan fingerprint density at radius 1 is 1.14 bits per heavy atom. The Balaban J connectivity index is 1.50. The van der Waals surface area contributed by atoms with E-state index in [0.717, 1.165) is 43.1 Å². The number of carbonyl (C=O) groups is 1. The van der Waals surface area contributed by atoms with Crippen molar-refractivity contribution in [3.8, 4) is 0 Å². The largest absolute Gasteiger partial charge is 0.324 e. The second-order valence-electron chi connectivity index (χ2n) is 7.40. The molecule has 0 spiro atoms. The lowest BCUT2D eigenvalue weighted by Crippen LogP contribution is -2.42. The standard InChI is InChI=1S/C22H24FN5O/c1-15-24-21(27-26-15)17-11-13-28(14-12-17)20(16-5-3-2-4-6-16)22(29)25-19-9-7-18(23)8-10-19/h2-10,17,20H,11-14H2,1H3,(H,25,29)(H,24,26,27)/t20-/m1/s1. The number of piperidine rings is 1. The van der Waals surface area contributed by atoms with Crippen molar-refractivity contribution in [2.24, 2.45) is 0 Å². The summed E-state index contributed by atoms with van der Waals surface area (Å²) in [7, 11) is 0. The highest BCUT2D eigenvalue weighted by Gasteiger charge is 2.32. The highest BCUT2D eigenvalue weighted by atomic mass is 19.1. The summed E-state index contributed by atoms with van der Waals surface area (Å²) in [6, 6.07) is 15.2. The van der Waals surface area contributed by atoms with Gasteiger partial charge in [0.05, 0.1) is 0 Å². The minimum atomic E-state index is -0.406. The smallest absolute Gasteiger partial charge is 0.246 e. The van der Waals surface area contributed by atoms with E-state index in [1.807, 2.05) is 37.3 Å². The van der Waals surface area contributed by atoms with E-state index in [2.05, 4.69) is 25.4 Å². The monoisotopic (exact) mass is 393 g/mol. The number of H-pyrrole nitrogens is 1.